The van der Waals surface area contributed by atoms with Crippen molar-refractivity contribution >= 4 is 11.3 Å². The van der Waals surface area contributed by atoms with E-state index >= 15 is 0 Å². The van der Waals surface area contributed by atoms with Crippen LogP contribution in [0.5, 0.6) is 0 Å². The molecule has 0 aliphatic carbocycles. The van der Waals surface area contributed by atoms with Gasteiger partial charge < -0.3 is 4.74 Å². The number of hydrogen-bond donors (Lipinski definition) is 0. The van der Waals surface area contributed by atoms with Gasteiger partial charge in [0.25, 0.3) is 0 Å². The number of aromatic nitrogens is 3. The predicted molar refractivity (Wildman–Crippen MR) is 103 cm³/mol. The maximum absolute atomic E-state index is 5.87. The van der Waals surface area contributed by atoms with E-state index in [9.17, 15) is 0 Å². The Morgan fingerprint density at radius 1 is 1.23 bits per heavy atom. The molecule has 26 heavy (non-hydrogen) atoms. The molecule has 0 spiro atoms. The summed E-state index contributed by atoms with van der Waals surface area (Å²) >= 11 is 1.89. The maximum atomic E-state index is 5.87. The lowest BCUT2D eigenvalue weighted by atomic mass is 10.1. The van der Waals surface area contributed by atoms with E-state index in [4.69, 9.17) is 4.74 Å². The van der Waals surface area contributed by atoms with E-state index in [0.717, 1.165) is 38.2 Å². The van der Waals surface area contributed by atoms with E-state index in [0.29, 0.717) is 12.6 Å². The number of fused-ring (bicyclic) bond motifs is 1. The van der Waals surface area contributed by atoms with Crippen LogP contribution >= 0.6 is 11.3 Å². The lowest BCUT2D eigenvalue weighted by Gasteiger charge is -2.33. The molecule has 0 N–H and O–H groups in total. The largest absolute Gasteiger partial charge is 0.377 e. The average Bonchev–Trinajstić information content (AvgIpc) is 3.28. The zero-order valence-corrected chi connectivity index (χ0v) is 15.9. The molecule has 6 heteroatoms. The van der Waals surface area contributed by atoms with E-state index < -0.39 is 0 Å². The normalized spacial score (nSPS) is 17.3. The molecule has 1 aliphatic heterocycles. The number of ether oxygens (including phenoxy) is 1. The number of rotatable bonds is 7. The first-order valence-electron chi connectivity index (χ1n) is 9.04. The van der Waals surface area contributed by atoms with Crippen molar-refractivity contribution in [3.63, 3.8) is 0 Å². The zero-order valence-electron chi connectivity index (χ0n) is 15.0. The lowest BCUT2D eigenvalue weighted by Crippen LogP contribution is -2.37. The summed E-state index contributed by atoms with van der Waals surface area (Å²) < 4.78 is 8.06. The highest BCUT2D eigenvalue weighted by Gasteiger charge is 2.25. The molecule has 0 aromatic carbocycles. The van der Waals surface area contributed by atoms with Gasteiger partial charge in [-0.05, 0) is 43.2 Å². The van der Waals surface area contributed by atoms with Gasteiger partial charge in [-0.2, -0.15) is 5.10 Å². The predicted octanol–water partition coefficient (Wildman–Crippen LogP) is 3.81. The second-order valence-electron chi connectivity index (χ2n) is 6.81. The van der Waals surface area contributed by atoms with Gasteiger partial charge in [-0.1, -0.05) is 6.07 Å². The van der Waals surface area contributed by atoms with Crippen LogP contribution in [0.15, 0.2) is 48.9 Å². The maximum Gasteiger partial charge on any atom is 0.0731 e. The van der Waals surface area contributed by atoms with E-state index in [2.05, 4.69) is 44.8 Å². The van der Waals surface area contributed by atoms with Crippen LogP contribution in [-0.2, 0) is 24.4 Å². The summed E-state index contributed by atoms with van der Waals surface area (Å²) in [6.07, 6.45) is 6.53. The Morgan fingerprint density at radius 3 is 3.00 bits per heavy atom. The fourth-order valence-corrected chi connectivity index (χ4v) is 4.41. The minimum atomic E-state index is 0.365. The second kappa shape index (κ2) is 8.12. The molecule has 1 unspecified atom stereocenters. The summed E-state index contributed by atoms with van der Waals surface area (Å²) in [6.45, 7) is 6.50. The van der Waals surface area contributed by atoms with Crippen molar-refractivity contribution in [2.45, 2.75) is 39.1 Å². The molecule has 0 saturated carbocycles. The van der Waals surface area contributed by atoms with Crippen LogP contribution in [0.2, 0.25) is 0 Å². The molecule has 4 heterocycles. The smallest absolute Gasteiger partial charge is 0.0731 e. The zero-order chi connectivity index (χ0) is 17.8. The van der Waals surface area contributed by atoms with Crippen molar-refractivity contribution in [3.05, 3.63) is 69.9 Å². The summed E-state index contributed by atoms with van der Waals surface area (Å²) in [7, 11) is 0. The summed E-state index contributed by atoms with van der Waals surface area (Å²) in [5.41, 5.74) is 2.41. The van der Waals surface area contributed by atoms with Crippen LogP contribution in [0.25, 0.3) is 0 Å². The van der Waals surface area contributed by atoms with Crippen LogP contribution in [0.4, 0.5) is 0 Å². The Labute approximate surface area is 158 Å². The van der Waals surface area contributed by atoms with Gasteiger partial charge in [-0.15, -0.1) is 11.3 Å². The quantitative estimate of drug-likeness (QED) is 0.595. The van der Waals surface area contributed by atoms with Crippen molar-refractivity contribution < 1.29 is 4.74 Å². The van der Waals surface area contributed by atoms with E-state index in [1.165, 1.54) is 15.4 Å². The molecular weight excluding hydrogens is 344 g/mol. The first kappa shape index (κ1) is 17.4. The lowest BCUT2D eigenvalue weighted by molar-refractivity contribution is 0.0874. The van der Waals surface area contributed by atoms with E-state index in [1.807, 2.05) is 35.9 Å². The molecule has 1 atom stereocenters. The third-order valence-electron chi connectivity index (χ3n) is 4.72. The minimum Gasteiger partial charge on any atom is -0.377 e. The van der Waals surface area contributed by atoms with E-state index in [1.54, 1.807) is 6.20 Å². The van der Waals surface area contributed by atoms with Gasteiger partial charge in [0, 0.05) is 54.6 Å². The third kappa shape index (κ3) is 4.20. The molecule has 3 aromatic rings. The summed E-state index contributed by atoms with van der Waals surface area (Å²) in [6, 6.07) is 10.9. The fourth-order valence-electron chi connectivity index (χ4n) is 3.48. The molecule has 0 bridgehead atoms. The molecule has 4 rings (SSSR count). The van der Waals surface area contributed by atoms with Crippen LogP contribution in [-0.4, -0.2) is 32.8 Å². The van der Waals surface area contributed by atoms with Crippen molar-refractivity contribution in [2.24, 2.45) is 0 Å². The summed E-state index contributed by atoms with van der Waals surface area (Å²) in [4.78, 5) is 9.46. The highest BCUT2D eigenvalue weighted by Crippen LogP contribution is 2.26. The summed E-state index contributed by atoms with van der Waals surface area (Å²) in [5.74, 6) is 0. The third-order valence-corrected chi connectivity index (χ3v) is 5.70. The Bertz CT molecular complexity index is 829. The number of hydrogen-bond acceptors (Lipinski definition) is 5. The van der Waals surface area contributed by atoms with Gasteiger partial charge in [0.05, 0.1) is 18.3 Å². The van der Waals surface area contributed by atoms with Gasteiger partial charge >= 0.3 is 0 Å². The van der Waals surface area contributed by atoms with E-state index in [-0.39, 0.29) is 0 Å². The number of thiophene rings is 1. The van der Waals surface area contributed by atoms with Crippen molar-refractivity contribution in [1.29, 1.82) is 0 Å². The van der Waals surface area contributed by atoms with Crippen molar-refractivity contribution in [2.75, 3.05) is 13.2 Å². The van der Waals surface area contributed by atoms with Gasteiger partial charge in [0.2, 0.25) is 0 Å². The van der Waals surface area contributed by atoms with Gasteiger partial charge in [-0.3, -0.25) is 14.6 Å². The van der Waals surface area contributed by atoms with Crippen LogP contribution in [0.1, 0.15) is 33.5 Å². The van der Waals surface area contributed by atoms with Crippen LogP contribution in [0.3, 0.4) is 0 Å². The van der Waals surface area contributed by atoms with Crippen molar-refractivity contribution in [3.8, 4) is 0 Å². The molecule has 0 radical (unpaired) electrons. The second-order valence-corrected chi connectivity index (χ2v) is 8.18. The summed E-state index contributed by atoms with van der Waals surface area (Å²) in [5, 5.41) is 4.55. The molecule has 0 saturated heterocycles. The minimum absolute atomic E-state index is 0.365. The first-order chi connectivity index (χ1) is 12.8. The number of pyridine rings is 1. The van der Waals surface area contributed by atoms with Crippen LogP contribution < -0.4 is 0 Å². The highest BCUT2D eigenvalue weighted by atomic mass is 32.1. The van der Waals surface area contributed by atoms with Gasteiger partial charge in [0.1, 0.15) is 0 Å². The highest BCUT2D eigenvalue weighted by molar-refractivity contribution is 7.11. The van der Waals surface area contributed by atoms with Crippen LogP contribution in [0, 0.1) is 6.92 Å². The SMILES string of the molecule is Cc1ccc(CN2Cc3ccnn3C(CCOCc3cccnc3)C2)s1. The molecule has 5 nitrogen and oxygen atoms in total. The molecule has 0 amide bonds. The van der Waals surface area contributed by atoms with Crippen molar-refractivity contribution in [1.82, 2.24) is 19.7 Å². The molecular formula is C20H24N4OS. The molecule has 136 valence electrons. The monoisotopic (exact) mass is 368 g/mol. The Balaban J connectivity index is 1.34. The Hall–Kier alpha value is -2.02. The topological polar surface area (TPSA) is 43.2 Å². The van der Waals surface area contributed by atoms with Gasteiger partial charge in [-0.25, -0.2) is 0 Å². The molecule has 0 fully saturated rings. The molecule has 1 aliphatic rings. The average molecular weight is 369 g/mol. The standard InChI is InChI=1S/C20H24N4OS/c1-16-4-5-20(26-16)14-23-12-18-6-9-22-24(18)19(13-23)7-10-25-15-17-3-2-8-21-11-17/h2-6,8-9,11,19H,7,10,12-15H2,1H3. The Morgan fingerprint density at radius 2 is 2.19 bits per heavy atom. The Kier molecular flexibility index (Phi) is 5.43. The first-order valence-corrected chi connectivity index (χ1v) is 9.86. The number of nitrogens with zero attached hydrogens (tertiary/aromatic N) is 4. The fraction of sp³-hybridized carbons (Fsp3) is 0.400. The number of aryl methyl sites for hydroxylation is 1. The van der Waals surface area contributed by atoms with Gasteiger partial charge in [0.15, 0.2) is 0 Å². The molecule has 3 aromatic heterocycles.